The van der Waals surface area contributed by atoms with Crippen LogP contribution >= 0.6 is 0 Å². The van der Waals surface area contributed by atoms with Crippen LogP contribution in [0.2, 0.25) is 0 Å². The number of carbonyl (C=O) groups excluding carboxylic acids is 1. The lowest BCUT2D eigenvalue weighted by molar-refractivity contribution is 0.0821. The van der Waals surface area contributed by atoms with Crippen molar-refractivity contribution in [3.8, 4) is 5.88 Å². The molecule has 1 fully saturated rings. The van der Waals surface area contributed by atoms with Gasteiger partial charge in [-0.2, -0.15) is 0 Å². The van der Waals surface area contributed by atoms with E-state index in [1.54, 1.807) is 6.07 Å². The number of hydrogen-bond donors (Lipinski definition) is 1. The molecule has 0 bridgehead atoms. The molecule has 0 unspecified atom stereocenters. The van der Waals surface area contributed by atoms with Gasteiger partial charge in [0, 0.05) is 5.54 Å². The Hall–Kier alpha value is -2.50. The van der Waals surface area contributed by atoms with Crippen LogP contribution in [0.25, 0.3) is 0 Å². The number of hydrogen-bond acceptors (Lipinski definition) is 4. The van der Waals surface area contributed by atoms with Crippen molar-refractivity contribution >= 4 is 5.91 Å². The van der Waals surface area contributed by atoms with Gasteiger partial charge >= 0.3 is 0 Å². The van der Waals surface area contributed by atoms with Crippen LogP contribution in [0.15, 0.2) is 36.7 Å². The number of nitrogens with zero attached hydrogens (tertiary/aromatic N) is 2. The van der Waals surface area contributed by atoms with Gasteiger partial charge in [-0.3, -0.25) is 4.79 Å². The zero-order valence-corrected chi connectivity index (χ0v) is 13.6. The van der Waals surface area contributed by atoms with Crippen LogP contribution in [0.4, 0.5) is 4.39 Å². The van der Waals surface area contributed by atoms with Crippen LogP contribution in [0, 0.1) is 5.82 Å². The summed E-state index contributed by atoms with van der Waals surface area (Å²) in [5.74, 6) is -0.125. The molecule has 0 radical (unpaired) electrons. The maximum Gasteiger partial charge on any atom is 0.271 e. The van der Waals surface area contributed by atoms with Gasteiger partial charge in [0.2, 0.25) is 5.88 Å². The quantitative estimate of drug-likeness (QED) is 0.885. The van der Waals surface area contributed by atoms with Crippen molar-refractivity contribution < 1.29 is 13.9 Å². The molecule has 1 aliphatic carbocycles. The lowest BCUT2D eigenvalue weighted by atomic mass is 9.72. The highest BCUT2D eigenvalue weighted by Crippen LogP contribution is 2.35. The molecule has 3 rings (SSSR count). The van der Waals surface area contributed by atoms with Crippen LogP contribution in [0.1, 0.15) is 42.2 Å². The van der Waals surface area contributed by atoms with Crippen molar-refractivity contribution in [2.45, 2.75) is 38.1 Å². The first-order valence-corrected chi connectivity index (χ1v) is 8.12. The van der Waals surface area contributed by atoms with E-state index in [1.165, 1.54) is 24.5 Å². The average molecular weight is 329 g/mol. The van der Waals surface area contributed by atoms with Crippen LogP contribution in [-0.4, -0.2) is 28.0 Å². The van der Waals surface area contributed by atoms with Gasteiger partial charge < -0.3 is 10.1 Å². The highest BCUT2D eigenvalue weighted by atomic mass is 19.1. The fourth-order valence-electron chi connectivity index (χ4n) is 2.95. The zero-order valence-electron chi connectivity index (χ0n) is 13.6. The Morgan fingerprint density at radius 3 is 2.75 bits per heavy atom. The van der Waals surface area contributed by atoms with Crippen LogP contribution in [0.3, 0.4) is 0 Å². The molecule has 1 saturated carbocycles. The molecule has 0 atom stereocenters. The third-order valence-electron chi connectivity index (χ3n) is 4.27. The van der Waals surface area contributed by atoms with E-state index in [1.807, 2.05) is 13.0 Å². The molecule has 24 heavy (non-hydrogen) atoms. The fraction of sp³-hybridized carbons (Fsp3) is 0.389. The Labute approximate surface area is 140 Å². The van der Waals surface area contributed by atoms with Gasteiger partial charge in [-0.1, -0.05) is 12.1 Å². The summed E-state index contributed by atoms with van der Waals surface area (Å²) in [6.45, 7) is 2.35. The molecule has 1 N–H and O–H groups in total. The lowest BCUT2D eigenvalue weighted by Crippen LogP contribution is -2.55. The maximum absolute atomic E-state index is 13.4. The van der Waals surface area contributed by atoms with E-state index in [0.29, 0.717) is 18.9 Å². The molecule has 0 aliphatic heterocycles. The normalized spacial score (nSPS) is 15.4. The van der Waals surface area contributed by atoms with Crippen molar-refractivity contribution in [1.29, 1.82) is 0 Å². The van der Waals surface area contributed by atoms with Crippen molar-refractivity contribution in [2.24, 2.45) is 0 Å². The molecule has 0 spiro atoms. The van der Waals surface area contributed by atoms with E-state index in [-0.39, 0.29) is 23.0 Å². The molecule has 2 aromatic rings. The molecular formula is C18H20FN3O2. The second-order valence-corrected chi connectivity index (χ2v) is 6.07. The van der Waals surface area contributed by atoms with E-state index >= 15 is 0 Å². The lowest BCUT2D eigenvalue weighted by Gasteiger charge is -2.42. The molecular weight excluding hydrogens is 309 g/mol. The van der Waals surface area contributed by atoms with Crippen molar-refractivity contribution in [3.05, 3.63) is 53.7 Å². The minimum absolute atomic E-state index is 0.254. The standard InChI is InChI=1S/C18H20FN3O2/c1-2-24-16-12-20-15(11-21-16)17(23)22-18(7-4-8-18)10-13-5-3-6-14(19)9-13/h3,5-6,9,11-12H,2,4,7-8,10H2,1H3,(H,22,23). The van der Waals surface area contributed by atoms with E-state index in [4.69, 9.17) is 4.74 Å². The van der Waals surface area contributed by atoms with Crippen LogP contribution in [-0.2, 0) is 6.42 Å². The number of aromatic nitrogens is 2. The molecule has 1 aliphatic rings. The fourth-order valence-corrected chi connectivity index (χ4v) is 2.95. The number of rotatable bonds is 6. The van der Waals surface area contributed by atoms with Crippen molar-refractivity contribution in [1.82, 2.24) is 15.3 Å². The first-order valence-electron chi connectivity index (χ1n) is 8.12. The summed E-state index contributed by atoms with van der Waals surface area (Å²) in [5, 5.41) is 3.06. The minimum Gasteiger partial charge on any atom is -0.477 e. The summed E-state index contributed by atoms with van der Waals surface area (Å²) in [6.07, 6.45) is 6.26. The number of nitrogens with one attached hydrogen (secondary N) is 1. The summed E-state index contributed by atoms with van der Waals surface area (Å²) in [6, 6.07) is 6.51. The second kappa shape index (κ2) is 6.95. The topological polar surface area (TPSA) is 64.1 Å². The number of halogens is 1. The van der Waals surface area contributed by atoms with E-state index in [2.05, 4.69) is 15.3 Å². The maximum atomic E-state index is 13.4. The molecule has 0 saturated heterocycles. The summed E-state index contributed by atoms with van der Waals surface area (Å²) in [4.78, 5) is 20.6. The average Bonchev–Trinajstić information content (AvgIpc) is 2.54. The zero-order chi connectivity index (χ0) is 17.0. The van der Waals surface area contributed by atoms with Crippen molar-refractivity contribution in [2.75, 3.05) is 6.61 Å². The minimum atomic E-state index is -0.328. The third-order valence-corrected chi connectivity index (χ3v) is 4.27. The molecule has 6 heteroatoms. The first kappa shape index (κ1) is 16.4. The Morgan fingerprint density at radius 1 is 1.33 bits per heavy atom. The van der Waals surface area contributed by atoms with E-state index < -0.39 is 0 Å². The van der Waals surface area contributed by atoms with E-state index in [0.717, 1.165) is 24.8 Å². The summed E-state index contributed by atoms with van der Waals surface area (Å²) in [7, 11) is 0. The van der Waals surface area contributed by atoms with Gasteiger partial charge in [-0.15, -0.1) is 0 Å². The molecule has 5 nitrogen and oxygen atoms in total. The largest absolute Gasteiger partial charge is 0.477 e. The summed E-state index contributed by atoms with van der Waals surface area (Å²) >= 11 is 0. The molecule has 126 valence electrons. The second-order valence-electron chi connectivity index (χ2n) is 6.07. The first-order chi connectivity index (χ1) is 11.6. The van der Waals surface area contributed by atoms with Gasteiger partial charge in [-0.25, -0.2) is 14.4 Å². The Bertz CT molecular complexity index is 714. The number of amides is 1. The Morgan fingerprint density at radius 2 is 2.17 bits per heavy atom. The molecule has 1 aromatic heterocycles. The monoisotopic (exact) mass is 329 g/mol. The summed E-state index contributed by atoms with van der Waals surface area (Å²) < 4.78 is 18.6. The highest BCUT2D eigenvalue weighted by molar-refractivity contribution is 5.92. The molecule has 1 heterocycles. The number of carbonyl (C=O) groups is 1. The predicted octanol–water partition coefficient (Wildman–Crippen LogP) is 2.91. The summed E-state index contributed by atoms with van der Waals surface area (Å²) in [5.41, 5.74) is 0.808. The van der Waals surface area contributed by atoms with Gasteiger partial charge in [0.1, 0.15) is 11.5 Å². The van der Waals surface area contributed by atoms with Crippen molar-refractivity contribution in [3.63, 3.8) is 0 Å². The Kier molecular flexibility index (Phi) is 4.74. The number of benzene rings is 1. The van der Waals surface area contributed by atoms with Gasteiger partial charge in [0.15, 0.2) is 0 Å². The number of ether oxygens (including phenoxy) is 1. The van der Waals surface area contributed by atoms with Gasteiger partial charge in [0.25, 0.3) is 5.91 Å². The van der Waals surface area contributed by atoms with Crippen LogP contribution < -0.4 is 10.1 Å². The van der Waals surface area contributed by atoms with Gasteiger partial charge in [-0.05, 0) is 50.3 Å². The Balaban J connectivity index is 1.69. The smallest absolute Gasteiger partial charge is 0.271 e. The highest BCUT2D eigenvalue weighted by Gasteiger charge is 2.38. The molecule has 1 aromatic carbocycles. The van der Waals surface area contributed by atoms with E-state index in [9.17, 15) is 9.18 Å². The molecule has 1 amide bonds. The SMILES string of the molecule is CCOc1cnc(C(=O)NC2(Cc3cccc(F)c3)CCC2)cn1. The van der Waals surface area contributed by atoms with Gasteiger partial charge in [0.05, 0.1) is 19.0 Å². The third kappa shape index (κ3) is 3.69. The predicted molar refractivity (Wildman–Crippen MR) is 87.4 cm³/mol. The van der Waals surface area contributed by atoms with Crippen LogP contribution in [0.5, 0.6) is 5.88 Å².